The minimum absolute atomic E-state index is 0.0576. The van der Waals surface area contributed by atoms with Crippen LogP contribution in [0.25, 0.3) is 0 Å². The first kappa shape index (κ1) is 7.76. The summed E-state index contributed by atoms with van der Waals surface area (Å²) in [6.07, 6.45) is 2.07. The van der Waals surface area contributed by atoms with E-state index in [-0.39, 0.29) is 5.91 Å². The van der Waals surface area contributed by atoms with E-state index < -0.39 is 0 Å². The first-order valence-corrected chi connectivity index (χ1v) is 2.63. The molecule has 0 unspecified atom stereocenters. The Morgan fingerprint density at radius 2 is 2.44 bits per heavy atom. The summed E-state index contributed by atoms with van der Waals surface area (Å²) in [7, 11) is 1.56. The molecule has 0 aromatic rings. The Bertz CT molecular complexity index is 127. The quantitative estimate of drug-likeness (QED) is 0.296. The molecule has 2 N–H and O–H groups in total. The van der Waals surface area contributed by atoms with Crippen LogP contribution in [0.15, 0.2) is 0 Å². The highest BCUT2D eigenvalue weighted by atomic mass is 16.1. The molecule has 0 saturated carbocycles. The van der Waals surface area contributed by atoms with Gasteiger partial charge in [0.2, 0.25) is 5.91 Å². The Hall–Kier alpha value is -1.24. The largest absolute Gasteiger partial charge is 0.359 e. The fraction of sp³-hybridized carbons (Fsp3) is 0.600. The van der Waals surface area contributed by atoms with Crippen LogP contribution in [0.2, 0.25) is 0 Å². The smallest absolute Gasteiger partial charge is 0.221 e. The Balaban J connectivity index is 3.09. The topological polar surface area (TPSA) is 64.9 Å². The van der Waals surface area contributed by atoms with Gasteiger partial charge < -0.3 is 10.6 Å². The molecule has 4 heteroatoms. The standard InChI is InChI=1S/C5H9N3O/c1-7-5(9)2-3-8-4-6/h8H,2-3H2,1H3,(H,7,9). The maximum absolute atomic E-state index is 10.4. The molecule has 9 heavy (non-hydrogen) atoms. The van der Waals surface area contributed by atoms with Gasteiger partial charge in [0.05, 0.1) is 0 Å². The van der Waals surface area contributed by atoms with E-state index in [0.29, 0.717) is 13.0 Å². The minimum atomic E-state index is -0.0576. The number of hydrogen-bond donors (Lipinski definition) is 2. The molecule has 0 aliphatic carbocycles. The molecule has 0 atom stereocenters. The third kappa shape index (κ3) is 4.62. The van der Waals surface area contributed by atoms with Gasteiger partial charge in [-0.05, 0) is 0 Å². The lowest BCUT2D eigenvalue weighted by atomic mass is 10.4. The average molecular weight is 127 g/mol. The van der Waals surface area contributed by atoms with Gasteiger partial charge in [0.1, 0.15) is 0 Å². The summed E-state index contributed by atoms with van der Waals surface area (Å²) in [5.74, 6) is -0.0576. The lowest BCUT2D eigenvalue weighted by molar-refractivity contribution is -0.120. The fourth-order valence-corrected chi connectivity index (χ4v) is 0.357. The lowest BCUT2D eigenvalue weighted by Gasteiger charge is -1.95. The molecule has 0 aliphatic rings. The molecule has 50 valence electrons. The van der Waals surface area contributed by atoms with Crippen LogP contribution in [0.5, 0.6) is 0 Å². The van der Waals surface area contributed by atoms with Gasteiger partial charge in [0, 0.05) is 20.0 Å². The van der Waals surface area contributed by atoms with Crippen molar-refractivity contribution >= 4 is 5.91 Å². The third-order valence-electron chi connectivity index (χ3n) is 0.835. The molecular formula is C5H9N3O. The Morgan fingerprint density at radius 1 is 1.78 bits per heavy atom. The first-order valence-electron chi connectivity index (χ1n) is 2.63. The van der Waals surface area contributed by atoms with Crippen LogP contribution in [-0.4, -0.2) is 19.5 Å². The van der Waals surface area contributed by atoms with Gasteiger partial charge in [-0.15, -0.1) is 0 Å². The lowest BCUT2D eigenvalue weighted by Crippen LogP contribution is -2.22. The second-order valence-electron chi connectivity index (χ2n) is 1.46. The molecule has 0 rings (SSSR count). The zero-order valence-electron chi connectivity index (χ0n) is 5.27. The van der Waals surface area contributed by atoms with E-state index in [1.807, 2.05) is 0 Å². The van der Waals surface area contributed by atoms with E-state index in [2.05, 4.69) is 10.6 Å². The number of nitrogens with one attached hydrogen (secondary N) is 2. The van der Waals surface area contributed by atoms with Crippen LogP contribution in [0.1, 0.15) is 6.42 Å². The number of rotatable bonds is 3. The van der Waals surface area contributed by atoms with Crippen LogP contribution in [0.3, 0.4) is 0 Å². The highest BCUT2D eigenvalue weighted by molar-refractivity contribution is 5.75. The number of nitriles is 1. The Labute approximate surface area is 53.9 Å². The second kappa shape index (κ2) is 4.91. The van der Waals surface area contributed by atoms with E-state index in [9.17, 15) is 4.79 Å². The van der Waals surface area contributed by atoms with Gasteiger partial charge in [0.25, 0.3) is 0 Å². The predicted molar refractivity (Wildman–Crippen MR) is 32.3 cm³/mol. The second-order valence-corrected chi connectivity index (χ2v) is 1.46. The van der Waals surface area contributed by atoms with Crippen molar-refractivity contribution in [3.8, 4) is 6.19 Å². The van der Waals surface area contributed by atoms with Gasteiger partial charge in [-0.2, -0.15) is 5.26 Å². The summed E-state index contributed by atoms with van der Waals surface area (Å²) in [6.45, 7) is 0.413. The van der Waals surface area contributed by atoms with Gasteiger partial charge in [-0.25, -0.2) is 0 Å². The fourth-order valence-electron chi connectivity index (χ4n) is 0.357. The maximum atomic E-state index is 10.4. The summed E-state index contributed by atoms with van der Waals surface area (Å²) < 4.78 is 0. The number of carbonyl (C=O) groups is 1. The molecule has 0 spiro atoms. The van der Waals surface area contributed by atoms with Gasteiger partial charge in [-0.1, -0.05) is 0 Å². The van der Waals surface area contributed by atoms with Crippen LogP contribution < -0.4 is 10.6 Å². The van der Waals surface area contributed by atoms with E-state index in [0.717, 1.165) is 0 Å². The monoisotopic (exact) mass is 127 g/mol. The van der Waals surface area contributed by atoms with Gasteiger partial charge >= 0.3 is 0 Å². The zero-order chi connectivity index (χ0) is 7.11. The van der Waals surface area contributed by atoms with E-state index in [1.165, 1.54) is 0 Å². The van der Waals surface area contributed by atoms with Crippen molar-refractivity contribution in [2.24, 2.45) is 0 Å². The minimum Gasteiger partial charge on any atom is -0.359 e. The van der Waals surface area contributed by atoms with Crippen LogP contribution in [0, 0.1) is 11.5 Å². The highest BCUT2D eigenvalue weighted by Gasteiger charge is 1.93. The van der Waals surface area contributed by atoms with Crippen LogP contribution in [-0.2, 0) is 4.79 Å². The van der Waals surface area contributed by atoms with Crippen molar-refractivity contribution in [2.75, 3.05) is 13.6 Å². The number of hydrogen-bond acceptors (Lipinski definition) is 3. The van der Waals surface area contributed by atoms with Crippen LogP contribution in [0.4, 0.5) is 0 Å². The first-order chi connectivity index (χ1) is 4.31. The number of nitrogens with zero attached hydrogens (tertiary/aromatic N) is 1. The van der Waals surface area contributed by atoms with Gasteiger partial charge in [0.15, 0.2) is 6.19 Å². The number of carbonyl (C=O) groups excluding carboxylic acids is 1. The van der Waals surface area contributed by atoms with Gasteiger partial charge in [-0.3, -0.25) is 4.79 Å². The maximum Gasteiger partial charge on any atom is 0.221 e. The predicted octanol–water partition coefficient (Wildman–Crippen LogP) is -0.807. The molecule has 4 nitrogen and oxygen atoms in total. The van der Waals surface area contributed by atoms with Crippen molar-refractivity contribution < 1.29 is 4.79 Å². The molecule has 0 aliphatic heterocycles. The Morgan fingerprint density at radius 3 is 2.89 bits per heavy atom. The summed E-state index contributed by atoms with van der Waals surface area (Å²) >= 11 is 0. The normalized spacial score (nSPS) is 7.56. The van der Waals surface area contributed by atoms with E-state index >= 15 is 0 Å². The van der Waals surface area contributed by atoms with Crippen molar-refractivity contribution in [1.29, 1.82) is 5.26 Å². The molecule has 0 aromatic carbocycles. The molecule has 0 aromatic heterocycles. The summed E-state index contributed by atoms with van der Waals surface area (Å²) in [4.78, 5) is 10.4. The van der Waals surface area contributed by atoms with E-state index in [4.69, 9.17) is 5.26 Å². The van der Waals surface area contributed by atoms with Crippen LogP contribution >= 0.6 is 0 Å². The summed E-state index contributed by atoms with van der Waals surface area (Å²) in [5.41, 5.74) is 0. The van der Waals surface area contributed by atoms with Crippen molar-refractivity contribution in [2.45, 2.75) is 6.42 Å². The summed E-state index contributed by atoms with van der Waals surface area (Å²) in [6, 6.07) is 0. The molecule has 0 fully saturated rings. The molecule has 1 amide bonds. The summed E-state index contributed by atoms with van der Waals surface area (Å²) in [5, 5.41) is 12.8. The van der Waals surface area contributed by atoms with Crippen molar-refractivity contribution in [1.82, 2.24) is 10.6 Å². The molecule has 0 saturated heterocycles. The Kier molecular flexibility index (Phi) is 4.23. The highest BCUT2D eigenvalue weighted by Crippen LogP contribution is 1.72. The average Bonchev–Trinajstić information content (AvgIpc) is 1.89. The third-order valence-corrected chi connectivity index (χ3v) is 0.835. The number of amides is 1. The molecular weight excluding hydrogens is 118 g/mol. The van der Waals surface area contributed by atoms with Crippen molar-refractivity contribution in [3.05, 3.63) is 0 Å². The molecule has 0 heterocycles. The van der Waals surface area contributed by atoms with E-state index in [1.54, 1.807) is 13.2 Å². The molecule has 0 radical (unpaired) electrons. The SMILES string of the molecule is CNC(=O)CCNC#N. The molecule has 0 bridgehead atoms. The van der Waals surface area contributed by atoms with Crippen molar-refractivity contribution in [3.63, 3.8) is 0 Å². The zero-order valence-corrected chi connectivity index (χ0v) is 5.27.